The van der Waals surface area contributed by atoms with E-state index in [2.05, 4.69) is 31.7 Å². The Morgan fingerprint density at radius 2 is 2.00 bits per heavy atom. The van der Waals surface area contributed by atoms with Gasteiger partial charge in [-0.1, -0.05) is 6.07 Å². The second-order valence-corrected chi connectivity index (χ2v) is 4.17. The van der Waals surface area contributed by atoms with Gasteiger partial charge in [0, 0.05) is 25.5 Å². The molecule has 2 rings (SSSR count). The van der Waals surface area contributed by atoms with Gasteiger partial charge in [-0.25, -0.2) is 9.97 Å². The van der Waals surface area contributed by atoms with Crippen molar-refractivity contribution >= 4 is 11.6 Å². The van der Waals surface area contributed by atoms with E-state index in [4.69, 9.17) is 4.74 Å². The van der Waals surface area contributed by atoms with Crippen LogP contribution in [0.25, 0.3) is 0 Å². The standard InChI is InChI=1S/C14H19N5O/c1-3-16-13-12(20-2)14(19-10-18-13)17-8-6-11-5-4-7-15-9-11/h4-5,7,9-10H,3,6,8H2,1-2H3,(H2,16,17,18,19). The van der Waals surface area contributed by atoms with Crippen LogP contribution >= 0.6 is 0 Å². The van der Waals surface area contributed by atoms with Crippen molar-refractivity contribution in [3.05, 3.63) is 36.4 Å². The summed E-state index contributed by atoms with van der Waals surface area (Å²) < 4.78 is 5.37. The summed E-state index contributed by atoms with van der Waals surface area (Å²) in [6.45, 7) is 3.55. The van der Waals surface area contributed by atoms with Crippen molar-refractivity contribution in [2.75, 3.05) is 30.8 Å². The summed E-state index contributed by atoms with van der Waals surface area (Å²) in [7, 11) is 1.62. The zero-order valence-corrected chi connectivity index (χ0v) is 11.8. The Morgan fingerprint density at radius 3 is 2.65 bits per heavy atom. The molecule has 0 aliphatic carbocycles. The maximum atomic E-state index is 5.37. The van der Waals surface area contributed by atoms with Crippen LogP contribution in [0.1, 0.15) is 12.5 Å². The fraction of sp³-hybridized carbons (Fsp3) is 0.357. The zero-order valence-electron chi connectivity index (χ0n) is 11.8. The Morgan fingerprint density at radius 1 is 1.20 bits per heavy atom. The first kappa shape index (κ1) is 14.0. The number of aromatic nitrogens is 3. The average molecular weight is 273 g/mol. The number of pyridine rings is 1. The highest BCUT2D eigenvalue weighted by atomic mass is 16.5. The third-order valence-corrected chi connectivity index (χ3v) is 2.78. The Bertz CT molecular complexity index is 532. The largest absolute Gasteiger partial charge is 0.490 e. The monoisotopic (exact) mass is 273 g/mol. The molecule has 2 N–H and O–H groups in total. The van der Waals surface area contributed by atoms with Gasteiger partial charge >= 0.3 is 0 Å². The number of ether oxygens (including phenoxy) is 1. The minimum atomic E-state index is 0.639. The van der Waals surface area contributed by atoms with Gasteiger partial charge in [-0.15, -0.1) is 0 Å². The lowest BCUT2D eigenvalue weighted by Crippen LogP contribution is -2.10. The van der Waals surface area contributed by atoms with Gasteiger partial charge < -0.3 is 15.4 Å². The van der Waals surface area contributed by atoms with Gasteiger partial charge in [0.15, 0.2) is 11.6 Å². The molecule has 0 unspecified atom stereocenters. The van der Waals surface area contributed by atoms with Gasteiger partial charge in [0.05, 0.1) is 7.11 Å². The molecule has 0 aliphatic heterocycles. The molecule has 0 atom stereocenters. The summed E-state index contributed by atoms with van der Waals surface area (Å²) in [6.07, 6.45) is 6.03. The molecule has 0 radical (unpaired) electrons. The number of hydrogen-bond acceptors (Lipinski definition) is 6. The molecule has 0 aromatic carbocycles. The maximum absolute atomic E-state index is 5.37. The van der Waals surface area contributed by atoms with E-state index >= 15 is 0 Å². The Kier molecular flexibility index (Phi) is 5.11. The van der Waals surface area contributed by atoms with Crippen LogP contribution in [-0.2, 0) is 6.42 Å². The van der Waals surface area contributed by atoms with E-state index in [-0.39, 0.29) is 0 Å². The van der Waals surface area contributed by atoms with Crippen LogP contribution in [-0.4, -0.2) is 35.2 Å². The zero-order chi connectivity index (χ0) is 14.2. The van der Waals surface area contributed by atoms with Crippen molar-refractivity contribution in [1.82, 2.24) is 15.0 Å². The predicted molar refractivity (Wildman–Crippen MR) is 79.2 cm³/mol. The van der Waals surface area contributed by atoms with Crippen LogP contribution in [0.5, 0.6) is 5.75 Å². The number of nitrogens with zero attached hydrogens (tertiary/aromatic N) is 3. The third-order valence-electron chi connectivity index (χ3n) is 2.78. The van der Waals surface area contributed by atoms with Crippen molar-refractivity contribution in [3.63, 3.8) is 0 Å². The van der Waals surface area contributed by atoms with Crippen LogP contribution in [0.3, 0.4) is 0 Å². The number of nitrogens with one attached hydrogen (secondary N) is 2. The normalized spacial score (nSPS) is 10.1. The molecule has 0 spiro atoms. The first-order valence-electron chi connectivity index (χ1n) is 6.60. The quantitative estimate of drug-likeness (QED) is 0.803. The average Bonchev–Trinajstić information content (AvgIpc) is 2.49. The van der Waals surface area contributed by atoms with Crippen molar-refractivity contribution in [2.45, 2.75) is 13.3 Å². The second kappa shape index (κ2) is 7.28. The van der Waals surface area contributed by atoms with Crippen LogP contribution in [0.15, 0.2) is 30.9 Å². The van der Waals surface area contributed by atoms with Gasteiger partial charge in [0.25, 0.3) is 0 Å². The van der Waals surface area contributed by atoms with Gasteiger partial charge in [0.1, 0.15) is 6.33 Å². The molecule has 2 heterocycles. The summed E-state index contributed by atoms with van der Waals surface area (Å²) >= 11 is 0. The molecule has 0 bridgehead atoms. The smallest absolute Gasteiger partial charge is 0.204 e. The Balaban J connectivity index is 2.00. The number of rotatable bonds is 7. The molecule has 0 saturated carbocycles. The number of anilines is 2. The molecule has 6 heteroatoms. The van der Waals surface area contributed by atoms with Crippen molar-refractivity contribution in [2.24, 2.45) is 0 Å². The van der Waals surface area contributed by atoms with Crippen molar-refractivity contribution in [1.29, 1.82) is 0 Å². The predicted octanol–water partition coefficient (Wildman–Crippen LogP) is 1.97. The van der Waals surface area contributed by atoms with E-state index in [9.17, 15) is 0 Å². The molecule has 0 aliphatic rings. The van der Waals surface area contributed by atoms with Crippen LogP contribution in [0.2, 0.25) is 0 Å². The topological polar surface area (TPSA) is 72.0 Å². The minimum Gasteiger partial charge on any atom is -0.490 e. The summed E-state index contributed by atoms with van der Waals surface area (Å²) in [4.78, 5) is 12.5. The molecular weight excluding hydrogens is 254 g/mol. The fourth-order valence-electron chi connectivity index (χ4n) is 1.86. The van der Waals surface area contributed by atoms with Gasteiger partial charge in [-0.05, 0) is 25.0 Å². The van der Waals surface area contributed by atoms with Crippen molar-refractivity contribution in [3.8, 4) is 5.75 Å². The highest BCUT2D eigenvalue weighted by molar-refractivity contribution is 5.63. The fourth-order valence-corrected chi connectivity index (χ4v) is 1.86. The lowest BCUT2D eigenvalue weighted by Gasteiger charge is -2.13. The van der Waals surface area contributed by atoms with E-state index in [0.717, 1.165) is 19.5 Å². The van der Waals surface area contributed by atoms with Crippen LogP contribution in [0, 0.1) is 0 Å². The summed E-state index contributed by atoms with van der Waals surface area (Å²) in [6, 6.07) is 3.99. The van der Waals surface area contributed by atoms with Gasteiger partial charge in [-0.2, -0.15) is 0 Å². The first-order chi connectivity index (χ1) is 9.85. The molecule has 106 valence electrons. The second-order valence-electron chi connectivity index (χ2n) is 4.17. The molecule has 0 fully saturated rings. The van der Waals surface area contributed by atoms with Crippen molar-refractivity contribution < 1.29 is 4.74 Å². The van der Waals surface area contributed by atoms with E-state index in [0.29, 0.717) is 17.4 Å². The molecule has 0 amide bonds. The SMILES string of the molecule is CCNc1ncnc(NCCc2cccnc2)c1OC. The minimum absolute atomic E-state index is 0.639. The van der Waals surface area contributed by atoms with Crippen LogP contribution in [0.4, 0.5) is 11.6 Å². The summed E-state index contributed by atoms with van der Waals surface area (Å²) in [5.41, 5.74) is 1.18. The molecule has 0 saturated heterocycles. The highest BCUT2D eigenvalue weighted by Crippen LogP contribution is 2.28. The molecular formula is C14H19N5O. The molecule has 2 aromatic heterocycles. The molecule has 20 heavy (non-hydrogen) atoms. The van der Waals surface area contributed by atoms with E-state index in [1.54, 1.807) is 13.3 Å². The van der Waals surface area contributed by atoms with Gasteiger partial charge in [0.2, 0.25) is 5.75 Å². The third kappa shape index (κ3) is 3.57. The number of methoxy groups -OCH3 is 1. The lowest BCUT2D eigenvalue weighted by atomic mass is 10.2. The summed E-state index contributed by atoms with van der Waals surface area (Å²) in [5.74, 6) is 2.04. The number of hydrogen-bond donors (Lipinski definition) is 2. The van der Waals surface area contributed by atoms with Gasteiger partial charge in [-0.3, -0.25) is 4.98 Å². The first-order valence-corrected chi connectivity index (χ1v) is 6.60. The van der Waals surface area contributed by atoms with E-state index in [1.807, 2.05) is 19.2 Å². The van der Waals surface area contributed by atoms with Crippen LogP contribution < -0.4 is 15.4 Å². The highest BCUT2D eigenvalue weighted by Gasteiger charge is 2.10. The maximum Gasteiger partial charge on any atom is 0.204 e. The summed E-state index contributed by atoms with van der Waals surface area (Å²) in [5, 5.41) is 6.42. The Hall–Kier alpha value is -2.37. The molecule has 2 aromatic rings. The van der Waals surface area contributed by atoms with E-state index < -0.39 is 0 Å². The molecule has 6 nitrogen and oxygen atoms in total. The Labute approximate surface area is 118 Å². The van der Waals surface area contributed by atoms with E-state index in [1.165, 1.54) is 11.9 Å². The lowest BCUT2D eigenvalue weighted by molar-refractivity contribution is 0.414.